The zero-order chi connectivity index (χ0) is 14.0. The number of carbonyl (C=O) groups is 1. The van der Waals surface area contributed by atoms with Gasteiger partial charge in [0.05, 0.1) is 16.9 Å². The van der Waals surface area contributed by atoms with Crippen molar-refractivity contribution in [2.75, 3.05) is 11.1 Å². The van der Waals surface area contributed by atoms with Crippen molar-refractivity contribution in [2.45, 2.75) is 13.8 Å². The average Bonchev–Trinajstić information content (AvgIpc) is 2.37. The third-order valence-corrected chi connectivity index (χ3v) is 4.33. The second kappa shape index (κ2) is 5.61. The fourth-order valence-corrected chi connectivity index (χ4v) is 2.40. The number of nitrogen functional groups attached to an aromatic ring is 1. The predicted molar refractivity (Wildman–Crippen MR) is 87.4 cm³/mol. The van der Waals surface area contributed by atoms with Crippen LogP contribution in [-0.2, 0) is 0 Å². The lowest BCUT2D eigenvalue weighted by Crippen LogP contribution is -2.15. The van der Waals surface area contributed by atoms with E-state index in [-0.39, 0.29) is 5.91 Å². The molecular formula is C15H15IN2O. The summed E-state index contributed by atoms with van der Waals surface area (Å²) < 4.78 is 0.962. The number of anilines is 2. The Bertz CT molecular complexity index is 638. The van der Waals surface area contributed by atoms with E-state index in [0.717, 1.165) is 14.7 Å². The Morgan fingerprint density at radius 3 is 2.68 bits per heavy atom. The van der Waals surface area contributed by atoms with Crippen LogP contribution in [0.4, 0.5) is 11.4 Å². The molecule has 4 heteroatoms. The number of nitrogens with two attached hydrogens (primary N) is 1. The zero-order valence-corrected chi connectivity index (χ0v) is 13.0. The minimum absolute atomic E-state index is 0.134. The minimum atomic E-state index is -0.134. The maximum atomic E-state index is 12.3. The summed E-state index contributed by atoms with van der Waals surface area (Å²) in [7, 11) is 0. The smallest absolute Gasteiger partial charge is 0.256 e. The molecule has 0 aliphatic rings. The molecule has 0 heterocycles. The number of halogens is 1. The summed E-state index contributed by atoms with van der Waals surface area (Å²) in [6.07, 6.45) is 0. The highest BCUT2D eigenvalue weighted by Gasteiger charge is 2.12. The number of hydrogen-bond donors (Lipinski definition) is 2. The average molecular weight is 366 g/mol. The molecule has 0 spiro atoms. The highest BCUT2D eigenvalue weighted by atomic mass is 127. The topological polar surface area (TPSA) is 55.1 Å². The molecule has 0 unspecified atom stereocenters. The Morgan fingerprint density at radius 1 is 1.21 bits per heavy atom. The summed E-state index contributed by atoms with van der Waals surface area (Å²) >= 11 is 2.19. The Balaban J connectivity index is 2.31. The molecule has 2 aromatic rings. The van der Waals surface area contributed by atoms with Crippen LogP contribution in [0.3, 0.4) is 0 Å². The molecule has 0 saturated heterocycles. The molecule has 0 aromatic heterocycles. The molecule has 0 aliphatic carbocycles. The highest BCUT2D eigenvalue weighted by molar-refractivity contribution is 14.1. The molecule has 2 rings (SSSR count). The molecule has 0 bridgehead atoms. The number of hydrogen-bond acceptors (Lipinski definition) is 2. The van der Waals surface area contributed by atoms with E-state index >= 15 is 0 Å². The van der Waals surface area contributed by atoms with Crippen LogP contribution < -0.4 is 11.1 Å². The lowest BCUT2D eigenvalue weighted by molar-refractivity contribution is 0.102. The van der Waals surface area contributed by atoms with E-state index in [1.54, 1.807) is 6.07 Å². The molecule has 0 aliphatic heterocycles. The quantitative estimate of drug-likeness (QED) is 0.629. The summed E-state index contributed by atoms with van der Waals surface area (Å²) in [5, 5.41) is 2.87. The lowest BCUT2D eigenvalue weighted by Gasteiger charge is -2.11. The van der Waals surface area contributed by atoms with E-state index in [9.17, 15) is 4.79 Å². The highest BCUT2D eigenvalue weighted by Crippen LogP contribution is 2.22. The van der Waals surface area contributed by atoms with Crippen LogP contribution >= 0.6 is 22.6 Å². The SMILES string of the molecule is Cc1ccc(N)c(NC(=O)c2cccc(C)c2I)c1. The van der Waals surface area contributed by atoms with Crippen molar-refractivity contribution in [3.05, 3.63) is 56.7 Å². The van der Waals surface area contributed by atoms with Gasteiger partial charge in [-0.25, -0.2) is 0 Å². The molecule has 3 N–H and O–H groups in total. The van der Waals surface area contributed by atoms with Crippen molar-refractivity contribution in [2.24, 2.45) is 0 Å². The largest absolute Gasteiger partial charge is 0.397 e. The Morgan fingerprint density at radius 2 is 1.95 bits per heavy atom. The van der Waals surface area contributed by atoms with Crippen LogP contribution in [0.5, 0.6) is 0 Å². The summed E-state index contributed by atoms with van der Waals surface area (Å²) in [6, 6.07) is 11.3. The van der Waals surface area contributed by atoms with Gasteiger partial charge in [0.15, 0.2) is 0 Å². The summed E-state index contributed by atoms with van der Waals surface area (Å²) in [5.74, 6) is -0.134. The third kappa shape index (κ3) is 3.07. The monoisotopic (exact) mass is 366 g/mol. The standard InChI is InChI=1S/C15H15IN2O/c1-9-6-7-12(17)13(8-9)18-15(19)11-5-3-4-10(2)14(11)16/h3-8H,17H2,1-2H3,(H,18,19). The van der Waals surface area contributed by atoms with E-state index < -0.39 is 0 Å². The van der Waals surface area contributed by atoms with Gasteiger partial charge in [0.1, 0.15) is 0 Å². The number of amides is 1. The van der Waals surface area contributed by atoms with Crippen LogP contribution in [0.1, 0.15) is 21.5 Å². The Kier molecular flexibility index (Phi) is 4.09. The molecule has 0 atom stereocenters. The molecule has 2 aromatic carbocycles. The molecule has 0 radical (unpaired) electrons. The van der Waals surface area contributed by atoms with Crippen LogP contribution in [-0.4, -0.2) is 5.91 Å². The molecular weight excluding hydrogens is 351 g/mol. The Hall–Kier alpha value is -1.56. The minimum Gasteiger partial charge on any atom is -0.397 e. The van der Waals surface area contributed by atoms with Gasteiger partial charge in [-0.2, -0.15) is 0 Å². The van der Waals surface area contributed by atoms with Crippen molar-refractivity contribution >= 4 is 39.9 Å². The first-order valence-electron chi connectivity index (χ1n) is 5.91. The summed E-state index contributed by atoms with van der Waals surface area (Å²) in [6.45, 7) is 3.95. The van der Waals surface area contributed by atoms with Gasteiger partial charge in [0.25, 0.3) is 5.91 Å². The van der Waals surface area contributed by atoms with Crippen LogP contribution in [0.25, 0.3) is 0 Å². The number of benzene rings is 2. The van der Waals surface area contributed by atoms with Crippen LogP contribution in [0, 0.1) is 17.4 Å². The lowest BCUT2D eigenvalue weighted by atomic mass is 10.1. The van der Waals surface area contributed by atoms with Gasteiger partial charge < -0.3 is 11.1 Å². The number of aryl methyl sites for hydroxylation is 2. The molecule has 98 valence electrons. The van der Waals surface area contributed by atoms with Gasteiger partial charge in [0.2, 0.25) is 0 Å². The van der Waals surface area contributed by atoms with E-state index in [0.29, 0.717) is 16.9 Å². The molecule has 0 fully saturated rings. The van der Waals surface area contributed by atoms with E-state index in [2.05, 4.69) is 27.9 Å². The van der Waals surface area contributed by atoms with Gasteiger partial charge in [-0.1, -0.05) is 18.2 Å². The first kappa shape index (κ1) is 13.9. The predicted octanol–water partition coefficient (Wildman–Crippen LogP) is 3.74. The fourth-order valence-electron chi connectivity index (χ4n) is 1.79. The zero-order valence-electron chi connectivity index (χ0n) is 10.8. The molecule has 3 nitrogen and oxygen atoms in total. The molecule has 19 heavy (non-hydrogen) atoms. The van der Waals surface area contributed by atoms with Crippen LogP contribution in [0.15, 0.2) is 36.4 Å². The van der Waals surface area contributed by atoms with Gasteiger partial charge in [-0.05, 0) is 65.8 Å². The second-order valence-corrected chi connectivity index (χ2v) is 5.56. The maximum absolute atomic E-state index is 12.3. The summed E-state index contributed by atoms with van der Waals surface area (Å²) in [4.78, 5) is 12.3. The van der Waals surface area contributed by atoms with Gasteiger partial charge in [0, 0.05) is 3.57 Å². The molecule has 0 saturated carbocycles. The van der Waals surface area contributed by atoms with Crippen molar-refractivity contribution < 1.29 is 4.79 Å². The first-order chi connectivity index (χ1) is 8.99. The fraction of sp³-hybridized carbons (Fsp3) is 0.133. The van der Waals surface area contributed by atoms with E-state index in [1.807, 2.05) is 44.2 Å². The number of carbonyl (C=O) groups excluding carboxylic acids is 1. The van der Waals surface area contributed by atoms with E-state index in [4.69, 9.17) is 5.73 Å². The maximum Gasteiger partial charge on any atom is 0.256 e. The van der Waals surface area contributed by atoms with Crippen LogP contribution in [0.2, 0.25) is 0 Å². The second-order valence-electron chi connectivity index (χ2n) is 4.48. The third-order valence-electron chi connectivity index (χ3n) is 2.89. The number of nitrogens with one attached hydrogen (secondary N) is 1. The Labute approximate surface area is 126 Å². The van der Waals surface area contributed by atoms with Gasteiger partial charge in [-0.15, -0.1) is 0 Å². The van der Waals surface area contributed by atoms with Crippen molar-refractivity contribution in [1.82, 2.24) is 0 Å². The summed E-state index contributed by atoms with van der Waals surface area (Å²) in [5.41, 5.74) is 9.91. The van der Waals surface area contributed by atoms with E-state index in [1.165, 1.54) is 0 Å². The van der Waals surface area contributed by atoms with Gasteiger partial charge >= 0.3 is 0 Å². The normalized spacial score (nSPS) is 10.3. The van der Waals surface area contributed by atoms with Gasteiger partial charge in [-0.3, -0.25) is 4.79 Å². The van der Waals surface area contributed by atoms with Crippen molar-refractivity contribution in [1.29, 1.82) is 0 Å². The first-order valence-corrected chi connectivity index (χ1v) is 6.99. The van der Waals surface area contributed by atoms with Crippen molar-refractivity contribution in [3.63, 3.8) is 0 Å². The van der Waals surface area contributed by atoms with Crippen molar-refractivity contribution in [3.8, 4) is 0 Å². The molecule has 1 amide bonds. The number of rotatable bonds is 2.